The Labute approximate surface area is 134 Å². The molecule has 3 heteroatoms. The van der Waals surface area contributed by atoms with E-state index in [0.717, 1.165) is 29.5 Å². The summed E-state index contributed by atoms with van der Waals surface area (Å²) in [5.74, 6) is 0. The van der Waals surface area contributed by atoms with Gasteiger partial charge in [-0.2, -0.15) is 0 Å². The first kappa shape index (κ1) is 14.6. The lowest BCUT2D eigenvalue weighted by Crippen LogP contribution is -2.22. The van der Waals surface area contributed by atoms with Gasteiger partial charge in [0.25, 0.3) is 0 Å². The Hall–Kier alpha value is -1.32. The number of nitrogens with zero attached hydrogens (tertiary/aromatic N) is 1. The number of benzene rings is 2. The molecule has 1 heterocycles. The standard InChI is InChI=1S/C18H20BrNO/c1-13(21)15-8-9-18(17(19)11-15)20-10-4-7-14-5-2-3-6-16(14)12-20/h2-3,5-6,8-9,11,13,21H,4,7,10,12H2,1H3. The van der Waals surface area contributed by atoms with Gasteiger partial charge in [-0.05, 0) is 64.5 Å². The highest BCUT2D eigenvalue weighted by Gasteiger charge is 2.17. The Morgan fingerprint density at radius 2 is 1.90 bits per heavy atom. The van der Waals surface area contributed by atoms with Gasteiger partial charge in [0.1, 0.15) is 0 Å². The van der Waals surface area contributed by atoms with Crippen LogP contribution < -0.4 is 4.90 Å². The molecule has 1 unspecified atom stereocenters. The van der Waals surface area contributed by atoms with Crippen molar-refractivity contribution in [3.05, 3.63) is 63.6 Å². The average molecular weight is 346 g/mol. The van der Waals surface area contributed by atoms with Crippen molar-refractivity contribution < 1.29 is 5.11 Å². The molecule has 0 aliphatic carbocycles. The van der Waals surface area contributed by atoms with Crippen LogP contribution in [-0.2, 0) is 13.0 Å². The maximum Gasteiger partial charge on any atom is 0.0762 e. The molecule has 0 saturated heterocycles. The number of rotatable bonds is 2. The summed E-state index contributed by atoms with van der Waals surface area (Å²) in [6.07, 6.45) is 1.89. The summed E-state index contributed by atoms with van der Waals surface area (Å²) >= 11 is 3.66. The molecule has 21 heavy (non-hydrogen) atoms. The molecular formula is C18H20BrNO. The van der Waals surface area contributed by atoms with E-state index in [1.165, 1.54) is 23.2 Å². The number of aliphatic hydroxyl groups is 1. The first-order valence-corrected chi connectivity index (χ1v) is 8.23. The van der Waals surface area contributed by atoms with Crippen LogP contribution in [0.25, 0.3) is 0 Å². The number of fused-ring (bicyclic) bond motifs is 1. The summed E-state index contributed by atoms with van der Waals surface area (Å²) in [5.41, 5.74) is 5.04. The molecule has 1 aliphatic rings. The molecule has 110 valence electrons. The van der Waals surface area contributed by atoms with Crippen LogP contribution >= 0.6 is 15.9 Å². The van der Waals surface area contributed by atoms with Gasteiger partial charge in [0.15, 0.2) is 0 Å². The average Bonchev–Trinajstić information content (AvgIpc) is 2.69. The first-order chi connectivity index (χ1) is 10.1. The van der Waals surface area contributed by atoms with Crippen molar-refractivity contribution in [2.45, 2.75) is 32.4 Å². The Bertz CT molecular complexity index is 639. The zero-order valence-electron chi connectivity index (χ0n) is 12.2. The smallest absolute Gasteiger partial charge is 0.0762 e. The zero-order valence-corrected chi connectivity index (χ0v) is 13.8. The minimum Gasteiger partial charge on any atom is -0.389 e. The van der Waals surface area contributed by atoms with Crippen molar-refractivity contribution in [1.82, 2.24) is 0 Å². The summed E-state index contributed by atoms with van der Waals surface area (Å²) in [7, 11) is 0. The molecule has 1 atom stereocenters. The van der Waals surface area contributed by atoms with E-state index in [1.807, 2.05) is 12.1 Å². The van der Waals surface area contributed by atoms with Crippen LogP contribution in [0.5, 0.6) is 0 Å². The number of halogens is 1. The Morgan fingerprint density at radius 1 is 1.14 bits per heavy atom. The second-order valence-electron chi connectivity index (χ2n) is 5.68. The predicted octanol–water partition coefficient (Wildman–Crippen LogP) is 4.46. The molecule has 0 radical (unpaired) electrons. The van der Waals surface area contributed by atoms with Gasteiger partial charge in [0, 0.05) is 17.6 Å². The predicted molar refractivity (Wildman–Crippen MR) is 90.6 cm³/mol. The molecule has 0 spiro atoms. The van der Waals surface area contributed by atoms with Crippen molar-refractivity contribution in [2.24, 2.45) is 0 Å². The van der Waals surface area contributed by atoms with Crippen molar-refractivity contribution in [3.63, 3.8) is 0 Å². The largest absolute Gasteiger partial charge is 0.389 e. The third kappa shape index (κ3) is 3.14. The number of hydrogen-bond donors (Lipinski definition) is 1. The van der Waals surface area contributed by atoms with Crippen LogP contribution in [0.3, 0.4) is 0 Å². The number of aliphatic hydroxyl groups excluding tert-OH is 1. The second kappa shape index (κ2) is 6.20. The molecule has 1 aliphatic heterocycles. The monoisotopic (exact) mass is 345 g/mol. The highest BCUT2D eigenvalue weighted by atomic mass is 79.9. The molecule has 0 bridgehead atoms. The van der Waals surface area contributed by atoms with Gasteiger partial charge in [-0.3, -0.25) is 0 Å². The number of anilines is 1. The van der Waals surface area contributed by atoms with Crippen molar-refractivity contribution in [1.29, 1.82) is 0 Å². The van der Waals surface area contributed by atoms with Crippen molar-refractivity contribution in [3.8, 4) is 0 Å². The molecule has 0 amide bonds. The normalized spacial score (nSPS) is 16.2. The number of aryl methyl sites for hydroxylation is 1. The van der Waals surface area contributed by atoms with E-state index in [-0.39, 0.29) is 0 Å². The fourth-order valence-corrected chi connectivity index (χ4v) is 3.59. The minimum atomic E-state index is -0.430. The topological polar surface area (TPSA) is 23.5 Å². The summed E-state index contributed by atoms with van der Waals surface area (Å²) in [6.45, 7) is 3.80. The van der Waals surface area contributed by atoms with Gasteiger partial charge in [0.05, 0.1) is 11.8 Å². The van der Waals surface area contributed by atoms with Crippen molar-refractivity contribution >= 4 is 21.6 Å². The quantitative estimate of drug-likeness (QED) is 0.868. The van der Waals surface area contributed by atoms with E-state index in [9.17, 15) is 5.11 Å². The molecule has 2 aromatic rings. The van der Waals surface area contributed by atoms with Gasteiger partial charge in [-0.15, -0.1) is 0 Å². The Balaban J connectivity index is 1.91. The molecule has 2 nitrogen and oxygen atoms in total. The highest BCUT2D eigenvalue weighted by Crippen LogP contribution is 2.32. The first-order valence-electron chi connectivity index (χ1n) is 7.44. The van der Waals surface area contributed by atoms with E-state index in [0.29, 0.717) is 0 Å². The molecule has 0 saturated carbocycles. The summed E-state index contributed by atoms with van der Waals surface area (Å²) in [5, 5.41) is 9.69. The van der Waals surface area contributed by atoms with Crippen LogP contribution in [0, 0.1) is 0 Å². The van der Waals surface area contributed by atoms with E-state index in [2.05, 4.69) is 51.2 Å². The molecule has 1 N–H and O–H groups in total. The fourth-order valence-electron chi connectivity index (χ4n) is 2.95. The molecular weight excluding hydrogens is 326 g/mol. The Kier molecular flexibility index (Phi) is 4.32. The van der Waals surface area contributed by atoms with E-state index in [1.54, 1.807) is 6.92 Å². The molecule has 0 fully saturated rings. The second-order valence-corrected chi connectivity index (χ2v) is 6.53. The van der Waals surface area contributed by atoms with E-state index in [4.69, 9.17) is 0 Å². The molecule has 0 aromatic heterocycles. The van der Waals surface area contributed by atoms with E-state index >= 15 is 0 Å². The van der Waals surface area contributed by atoms with Crippen LogP contribution in [-0.4, -0.2) is 11.7 Å². The lowest BCUT2D eigenvalue weighted by molar-refractivity contribution is 0.199. The third-order valence-corrected chi connectivity index (χ3v) is 4.78. The van der Waals surface area contributed by atoms with Gasteiger partial charge >= 0.3 is 0 Å². The van der Waals surface area contributed by atoms with Crippen LogP contribution in [0.2, 0.25) is 0 Å². The van der Waals surface area contributed by atoms with Crippen LogP contribution in [0.1, 0.15) is 36.1 Å². The lowest BCUT2D eigenvalue weighted by Gasteiger charge is -2.25. The summed E-state index contributed by atoms with van der Waals surface area (Å²) in [6, 6.07) is 14.9. The van der Waals surface area contributed by atoms with E-state index < -0.39 is 6.10 Å². The molecule has 3 rings (SSSR count). The van der Waals surface area contributed by atoms with Crippen LogP contribution in [0.4, 0.5) is 5.69 Å². The summed E-state index contributed by atoms with van der Waals surface area (Å²) in [4.78, 5) is 2.42. The van der Waals surface area contributed by atoms with Gasteiger partial charge < -0.3 is 10.0 Å². The van der Waals surface area contributed by atoms with Gasteiger partial charge in [-0.1, -0.05) is 30.3 Å². The summed E-state index contributed by atoms with van der Waals surface area (Å²) < 4.78 is 1.06. The third-order valence-electron chi connectivity index (χ3n) is 4.15. The maximum atomic E-state index is 9.69. The number of hydrogen-bond acceptors (Lipinski definition) is 2. The van der Waals surface area contributed by atoms with Crippen LogP contribution in [0.15, 0.2) is 46.9 Å². The minimum absolute atomic E-state index is 0.430. The highest BCUT2D eigenvalue weighted by molar-refractivity contribution is 9.10. The zero-order chi connectivity index (χ0) is 14.8. The van der Waals surface area contributed by atoms with Gasteiger partial charge in [0.2, 0.25) is 0 Å². The SMILES string of the molecule is CC(O)c1ccc(N2CCCc3ccccc3C2)c(Br)c1. The molecule has 2 aromatic carbocycles. The van der Waals surface area contributed by atoms with Gasteiger partial charge in [-0.25, -0.2) is 0 Å². The fraction of sp³-hybridized carbons (Fsp3) is 0.333. The van der Waals surface area contributed by atoms with Crippen molar-refractivity contribution in [2.75, 3.05) is 11.4 Å². The maximum absolute atomic E-state index is 9.69. The Morgan fingerprint density at radius 3 is 2.62 bits per heavy atom. The lowest BCUT2D eigenvalue weighted by atomic mass is 10.0.